The summed E-state index contributed by atoms with van der Waals surface area (Å²) in [7, 11) is -3.20. The number of carbonyl (C=O) groups excluding carboxylic acids is 2. The van der Waals surface area contributed by atoms with Gasteiger partial charge in [0.1, 0.15) is 0 Å². The number of rotatable bonds is 6. The van der Waals surface area contributed by atoms with E-state index in [1.807, 2.05) is 60.4 Å². The number of nitrogens with zero attached hydrogens (tertiary/aromatic N) is 2. The summed E-state index contributed by atoms with van der Waals surface area (Å²) in [6.07, 6.45) is 4.58. The highest BCUT2D eigenvalue weighted by Crippen LogP contribution is 2.60. The molecule has 2 saturated heterocycles. The number of ether oxygens (including phenoxy) is 1. The topological polar surface area (TPSA) is 70.1 Å². The Hall–Kier alpha value is -2.55. The Morgan fingerprint density at radius 2 is 1.76 bits per heavy atom. The maximum absolute atomic E-state index is 15.6. The van der Waals surface area contributed by atoms with E-state index >= 15 is 4.11 Å². The minimum atomic E-state index is -3.20. The molecule has 0 aromatic heterocycles. The van der Waals surface area contributed by atoms with Crippen molar-refractivity contribution < 1.29 is 23.5 Å². The zero-order valence-electron chi connectivity index (χ0n) is 22.7. The lowest BCUT2D eigenvalue weighted by Gasteiger charge is -2.31. The third kappa shape index (κ3) is 4.60. The first kappa shape index (κ1) is 27.0. The van der Waals surface area contributed by atoms with E-state index in [4.69, 9.17) is 4.74 Å². The van der Waals surface area contributed by atoms with Crippen LogP contribution in [0.1, 0.15) is 56.6 Å². The molecule has 5 rings (SSSR count). The summed E-state index contributed by atoms with van der Waals surface area (Å²) >= 11 is 0. The van der Waals surface area contributed by atoms with Crippen LogP contribution in [0.3, 0.4) is 0 Å². The van der Waals surface area contributed by atoms with E-state index in [1.165, 1.54) is 0 Å². The van der Waals surface area contributed by atoms with Gasteiger partial charge in [-0.3, -0.25) is 9.59 Å². The zero-order chi connectivity index (χ0) is 27.1. The Balaban J connectivity index is 1.44. The first-order valence-electron chi connectivity index (χ1n) is 14.0. The average molecular weight is 539 g/mol. The molecule has 3 aliphatic heterocycles. The molecule has 2 aromatic carbocycles. The Bertz CT molecular complexity index is 1180. The SMILES string of the molecule is C[C@H]1[C@H]([Si](C)(C)F)[C@@H](CCO)O[C@]12C(=O)N(Cc1ccc(N3CCCCCCC3=O)cc1)c1ccccc12. The lowest BCUT2D eigenvalue weighted by Crippen LogP contribution is -2.45. The van der Waals surface area contributed by atoms with E-state index < -0.39 is 25.7 Å². The molecule has 4 atom stereocenters. The largest absolute Gasteiger partial charge is 0.396 e. The van der Waals surface area contributed by atoms with E-state index in [1.54, 1.807) is 18.0 Å². The fraction of sp³-hybridized carbons (Fsp3) is 0.533. The first-order chi connectivity index (χ1) is 18.2. The van der Waals surface area contributed by atoms with Crippen LogP contribution in [0.5, 0.6) is 0 Å². The highest BCUT2D eigenvalue weighted by atomic mass is 28.4. The van der Waals surface area contributed by atoms with E-state index in [-0.39, 0.29) is 24.3 Å². The molecule has 0 aliphatic carbocycles. The number of carbonyl (C=O) groups is 2. The van der Waals surface area contributed by atoms with Crippen LogP contribution >= 0.6 is 0 Å². The maximum atomic E-state index is 15.6. The molecule has 3 aliphatic rings. The standard InChI is InChI=1S/C30H39FN2O4Si/c1-21-28(38(2,3)31)26(17-19-34)37-30(21)24-10-7-8-11-25(24)33(29(30)36)20-22-13-15-23(16-14-22)32-18-9-5-4-6-12-27(32)35/h7-8,10-11,13-16,21,26,28,34H,4-6,9,12,17-20H2,1-3H3/t21-,26+,28-,30+/m0/s1. The van der Waals surface area contributed by atoms with Crippen LogP contribution in [-0.2, 0) is 26.5 Å². The molecular formula is C30H39FN2O4Si. The van der Waals surface area contributed by atoms with E-state index in [9.17, 15) is 14.7 Å². The predicted molar refractivity (Wildman–Crippen MR) is 149 cm³/mol. The average Bonchev–Trinajstić information content (AvgIpc) is 3.30. The summed E-state index contributed by atoms with van der Waals surface area (Å²) in [5.74, 6) is -0.357. The predicted octanol–water partition coefficient (Wildman–Crippen LogP) is 5.69. The second kappa shape index (κ2) is 10.5. The van der Waals surface area contributed by atoms with Crippen LogP contribution < -0.4 is 9.80 Å². The summed E-state index contributed by atoms with van der Waals surface area (Å²) in [5.41, 5.74) is 1.75. The minimum absolute atomic E-state index is 0.111. The van der Waals surface area contributed by atoms with Crippen molar-refractivity contribution in [1.29, 1.82) is 0 Å². The van der Waals surface area contributed by atoms with Crippen LogP contribution in [0.25, 0.3) is 0 Å². The van der Waals surface area contributed by atoms with E-state index in [2.05, 4.69) is 0 Å². The Morgan fingerprint density at radius 3 is 2.47 bits per heavy atom. The zero-order valence-corrected chi connectivity index (χ0v) is 23.7. The molecule has 1 N–H and O–H groups in total. The molecule has 38 heavy (non-hydrogen) atoms. The van der Waals surface area contributed by atoms with Crippen LogP contribution in [0.4, 0.5) is 15.5 Å². The van der Waals surface area contributed by atoms with Gasteiger partial charge in [-0.05, 0) is 56.1 Å². The summed E-state index contributed by atoms with van der Waals surface area (Å²) in [5, 5.41) is 9.69. The monoisotopic (exact) mass is 538 g/mol. The van der Waals surface area contributed by atoms with Crippen LogP contribution in [0.2, 0.25) is 18.6 Å². The molecule has 0 unspecified atom stereocenters. The second-order valence-corrected chi connectivity index (χ2v) is 15.4. The number of hydrogen-bond acceptors (Lipinski definition) is 4. The van der Waals surface area contributed by atoms with Gasteiger partial charge in [-0.25, -0.2) is 0 Å². The number of amides is 2. The quantitative estimate of drug-likeness (QED) is 0.379. The third-order valence-corrected chi connectivity index (χ3v) is 11.2. The van der Waals surface area contributed by atoms with Crippen LogP contribution in [-0.4, -0.2) is 44.6 Å². The number of aliphatic hydroxyl groups excluding tert-OH is 1. The fourth-order valence-electron chi connectivity index (χ4n) is 6.95. The van der Waals surface area contributed by atoms with Crippen molar-refractivity contribution in [3.8, 4) is 0 Å². The third-order valence-electron chi connectivity index (χ3n) is 8.69. The van der Waals surface area contributed by atoms with Crippen LogP contribution in [0.15, 0.2) is 48.5 Å². The lowest BCUT2D eigenvalue weighted by atomic mass is 9.82. The number of halogens is 1. The van der Waals surface area contributed by atoms with Gasteiger partial charge in [0.2, 0.25) is 14.3 Å². The molecule has 2 amide bonds. The molecule has 0 radical (unpaired) electrons. The number of fused-ring (bicyclic) bond motifs is 2. The molecule has 2 fully saturated rings. The number of para-hydroxylation sites is 1. The number of hydrogen-bond donors (Lipinski definition) is 1. The van der Waals surface area contributed by atoms with Gasteiger partial charge >= 0.3 is 0 Å². The fourth-order valence-corrected chi connectivity index (χ4v) is 9.49. The highest BCUT2D eigenvalue weighted by molar-refractivity contribution is 6.72. The van der Waals surface area contributed by atoms with Gasteiger partial charge < -0.3 is 23.8 Å². The lowest BCUT2D eigenvalue weighted by molar-refractivity contribution is -0.146. The summed E-state index contributed by atoms with van der Waals surface area (Å²) < 4.78 is 22.1. The van der Waals surface area contributed by atoms with Gasteiger partial charge in [0.05, 0.1) is 18.3 Å². The number of aliphatic hydroxyl groups is 1. The summed E-state index contributed by atoms with van der Waals surface area (Å²) in [6.45, 7) is 6.25. The van der Waals surface area contributed by atoms with Gasteiger partial charge in [-0.15, -0.1) is 0 Å². The molecule has 8 heteroatoms. The Kier molecular flexibility index (Phi) is 7.50. The maximum Gasteiger partial charge on any atom is 0.264 e. The van der Waals surface area contributed by atoms with E-state index in [0.717, 1.165) is 54.7 Å². The van der Waals surface area contributed by atoms with E-state index in [0.29, 0.717) is 19.4 Å². The molecule has 2 aromatic rings. The molecule has 1 spiro atoms. The van der Waals surface area contributed by atoms with Crippen molar-refractivity contribution in [1.82, 2.24) is 0 Å². The van der Waals surface area contributed by atoms with Gasteiger partial charge in [0, 0.05) is 42.3 Å². The number of anilines is 2. The molecule has 0 saturated carbocycles. The van der Waals surface area contributed by atoms with Crippen molar-refractivity contribution >= 4 is 31.6 Å². The van der Waals surface area contributed by atoms with Crippen molar-refractivity contribution in [2.24, 2.45) is 5.92 Å². The van der Waals surface area contributed by atoms with Gasteiger partial charge in [0.15, 0.2) is 5.60 Å². The smallest absolute Gasteiger partial charge is 0.264 e. The number of benzene rings is 2. The first-order valence-corrected chi connectivity index (χ1v) is 16.9. The molecule has 204 valence electrons. The normalized spacial score (nSPS) is 28.1. The Morgan fingerprint density at radius 1 is 1.05 bits per heavy atom. The summed E-state index contributed by atoms with van der Waals surface area (Å²) in [6, 6.07) is 15.6. The van der Waals surface area contributed by atoms with Crippen molar-refractivity contribution in [2.75, 3.05) is 23.0 Å². The van der Waals surface area contributed by atoms with Gasteiger partial charge in [-0.2, -0.15) is 0 Å². The van der Waals surface area contributed by atoms with Gasteiger partial charge in [0.25, 0.3) is 5.91 Å². The summed E-state index contributed by atoms with van der Waals surface area (Å²) in [4.78, 5) is 30.5. The van der Waals surface area contributed by atoms with Gasteiger partial charge in [-0.1, -0.05) is 50.1 Å². The van der Waals surface area contributed by atoms with Crippen LogP contribution in [0, 0.1) is 5.92 Å². The van der Waals surface area contributed by atoms with Crippen molar-refractivity contribution in [2.45, 2.75) is 82.3 Å². The highest BCUT2D eigenvalue weighted by Gasteiger charge is 2.66. The molecule has 0 bridgehead atoms. The Labute approximate surface area is 226 Å². The molecule has 6 nitrogen and oxygen atoms in total. The minimum Gasteiger partial charge on any atom is -0.396 e. The second-order valence-electron chi connectivity index (χ2n) is 11.6. The van der Waals surface area contributed by atoms with Crippen molar-refractivity contribution in [3.63, 3.8) is 0 Å². The van der Waals surface area contributed by atoms with Crippen molar-refractivity contribution in [3.05, 3.63) is 59.7 Å². The molecular weight excluding hydrogens is 499 g/mol. The molecule has 3 heterocycles.